The molecule has 2 N–H and O–H groups in total. The van der Waals surface area contributed by atoms with Gasteiger partial charge in [0.25, 0.3) is 0 Å². The van der Waals surface area contributed by atoms with Crippen molar-refractivity contribution in [3.63, 3.8) is 0 Å². The normalized spacial score (nSPS) is 58.2. The quantitative estimate of drug-likeness (QED) is 0.667. The van der Waals surface area contributed by atoms with Crippen LogP contribution in [-0.2, 0) is 4.74 Å². The maximum atomic E-state index is 11.2. The molecule has 4 nitrogen and oxygen atoms in total. The second-order valence-electron chi connectivity index (χ2n) is 9.61. The Morgan fingerprint density at radius 2 is 2.04 bits per heavy atom. The molecule has 1 spiro atoms. The molecule has 0 unspecified atom stereocenters. The number of ether oxygens (including phenoxy) is 1. The van der Waals surface area contributed by atoms with Crippen molar-refractivity contribution in [2.75, 3.05) is 0 Å². The fraction of sp³-hybridized carbons (Fsp3) is 0.850. The maximum absolute atomic E-state index is 11.2. The van der Waals surface area contributed by atoms with Gasteiger partial charge in [0.05, 0.1) is 17.7 Å². The largest absolute Gasteiger partial charge is 0.508 e. The lowest BCUT2D eigenvalue weighted by Crippen LogP contribution is -2.61. The first-order chi connectivity index (χ1) is 11.4. The van der Waals surface area contributed by atoms with E-state index < -0.39 is 0 Å². The van der Waals surface area contributed by atoms with Gasteiger partial charge in [-0.1, -0.05) is 20.3 Å². The van der Waals surface area contributed by atoms with E-state index in [-0.39, 0.29) is 40.3 Å². The number of hydrogen-bond acceptors (Lipinski definition) is 4. The monoisotopic (exact) mass is 329 g/mol. The van der Waals surface area contributed by atoms with Gasteiger partial charge >= 0.3 is 0 Å². The number of fused-ring (bicyclic) bond motifs is 4. The fourth-order valence-electron chi connectivity index (χ4n) is 7.67. The molecule has 4 heteroatoms. The summed E-state index contributed by atoms with van der Waals surface area (Å²) in [4.78, 5) is 0. The molecular weight excluding hydrogens is 302 g/mol. The molecular formula is C20H27NO3. The molecule has 0 bridgehead atoms. The van der Waals surface area contributed by atoms with Crippen LogP contribution in [0.5, 0.6) is 0 Å². The van der Waals surface area contributed by atoms with Gasteiger partial charge in [-0.25, -0.2) is 0 Å². The summed E-state index contributed by atoms with van der Waals surface area (Å²) < 4.78 is 6.08. The van der Waals surface area contributed by atoms with Gasteiger partial charge in [0.2, 0.25) is 0 Å². The molecule has 1 heterocycles. The van der Waals surface area contributed by atoms with Crippen LogP contribution in [0.15, 0.2) is 11.3 Å². The lowest BCUT2D eigenvalue weighted by Gasteiger charge is -2.60. The van der Waals surface area contributed by atoms with E-state index >= 15 is 0 Å². The van der Waals surface area contributed by atoms with Crippen molar-refractivity contribution >= 4 is 0 Å². The van der Waals surface area contributed by atoms with Crippen molar-refractivity contribution in [1.29, 1.82) is 5.26 Å². The third-order valence-corrected chi connectivity index (χ3v) is 8.71. The molecule has 0 aromatic heterocycles. The third-order valence-electron chi connectivity index (χ3n) is 8.71. The van der Waals surface area contributed by atoms with E-state index in [2.05, 4.69) is 19.9 Å². The number of nitriles is 1. The van der Waals surface area contributed by atoms with Crippen LogP contribution in [-0.4, -0.2) is 28.0 Å². The van der Waals surface area contributed by atoms with Crippen molar-refractivity contribution in [2.24, 2.45) is 28.6 Å². The van der Waals surface area contributed by atoms with Crippen LogP contribution in [0.2, 0.25) is 0 Å². The van der Waals surface area contributed by atoms with Crippen molar-refractivity contribution in [3.05, 3.63) is 11.3 Å². The first-order valence-corrected chi connectivity index (χ1v) is 9.54. The fourth-order valence-corrected chi connectivity index (χ4v) is 7.67. The Hall–Kier alpha value is -1.05. The minimum atomic E-state index is -0.341. The van der Waals surface area contributed by atoms with E-state index in [4.69, 9.17) is 4.74 Å². The summed E-state index contributed by atoms with van der Waals surface area (Å²) >= 11 is 0. The molecule has 24 heavy (non-hydrogen) atoms. The van der Waals surface area contributed by atoms with Gasteiger partial charge in [0.1, 0.15) is 17.5 Å². The second kappa shape index (κ2) is 4.37. The maximum Gasteiger partial charge on any atom is 0.146 e. The summed E-state index contributed by atoms with van der Waals surface area (Å²) in [5, 5.41) is 31.0. The van der Waals surface area contributed by atoms with E-state index in [0.717, 1.165) is 19.3 Å². The Morgan fingerprint density at radius 3 is 2.79 bits per heavy atom. The zero-order valence-corrected chi connectivity index (χ0v) is 14.6. The van der Waals surface area contributed by atoms with Gasteiger partial charge in [0.15, 0.2) is 0 Å². The second-order valence-corrected chi connectivity index (χ2v) is 9.61. The summed E-state index contributed by atoms with van der Waals surface area (Å²) in [5.41, 5.74) is 0.187. The molecule has 0 aromatic carbocycles. The smallest absolute Gasteiger partial charge is 0.146 e. The van der Waals surface area contributed by atoms with Crippen LogP contribution >= 0.6 is 0 Å². The Balaban J connectivity index is 1.59. The minimum absolute atomic E-state index is 0.157. The van der Waals surface area contributed by atoms with Gasteiger partial charge in [-0.05, 0) is 61.7 Å². The van der Waals surface area contributed by atoms with Gasteiger partial charge in [-0.3, -0.25) is 0 Å². The van der Waals surface area contributed by atoms with Crippen LogP contribution in [0.1, 0.15) is 58.8 Å². The molecule has 0 aromatic rings. The lowest BCUT2D eigenvalue weighted by atomic mass is 9.44. The molecule has 5 aliphatic rings. The van der Waals surface area contributed by atoms with Gasteiger partial charge in [0, 0.05) is 5.41 Å². The summed E-state index contributed by atoms with van der Waals surface area (Å²) in [6, 6.07) is 2.20. The molecule has 3 saturated carbocycles. The number of nitrogens with zero attached hydrogens (tertiary/aromatic N) is 1. The summed E-state index contributed by atoms with van der Waals surface area (Å²) in [6.07, 6.45) is 6.65. The molecule has 5 rings (SSSR count). The average molecular weight is 329 g/mol. The van der Waals surface area contributed by atoms with Gasteiger partial charge in [-0.15, -0.1) is 0 Å². The summed E-state index contributed by atoms with van der Waals surface area (Å²) in [5.74, 6) is 1.57. The standard InChI is InChI=1S/C20H27NO3/c1-18-6-3-4-13(18)12-5-7-20-17(24-20)16(23)11(10-21)8-19(20,2)15(12)14(22)9-18/h12-15,17,22-23H,3-9H2,1-2H3/t12-,13-,14-,15+,17+,18-,19+,20+/m0/s1. The summed E-state index contributed by atoms with van der Waals surface area (Å²) in [6.45, 7) is 4.59. The van der Waals surface area contributed by atoms with E-state index in [1.807, 2.05) is 0 Å². The molecule has 0 radical (unpaired) electrons. The van der Waals surface area contributed by atoms with Crippen molar-refractivity contribution in [1.82, 2.24) is 0 Å². The number of allylic oxidation sites excluding steroid dienone is 1. The van der Waals surface area contributed by atoms with Crippen molar-refractivity contribution in [3.8, 4) is 6.07 Å². The molecule has 4 fully saturated rings. The van der Waals surface area contributed by atoms with Crippen molar-refractivity contribution < 1.29 is 14.9 Å². The molecule has 4 aliphatic carbocycles. The van der Waals surface area contributed by atoms with Crippen LogP contribution in [0.3, 0.4) is 0 Å². The highest BCUT2D eigenvalue weighted by Crippen LogP contribution is 2.73. The van der Waals surface area contributed by atoms with Gasteiger partial charge < -0.3 is 14.9 Å². The Bertz CT molecular complexity index is 681. The van der Waals surface area contributed by atoms with Crippen LogP contribution < -0.4 is 0 Å². The van der Waals surface area contributed by atoms with Crippen LogP contribution in [0.4, 0.5) is 0 Å². The predicted molar refractivity (Wildman–Crippen MR) is 87.9 cm³/mol. The number of rotatable bonds is 0. The highest BCUT2D eigenvalue weighted by molar-refractivity contribution is 5.41. The number of epoxide rings is 1. The van der Waals surface area contributed by atoms with Gasteiger partial charge in [-0.2, -0.15) is 5.26 Å². The lowest BCUT2D eigenvalue weighted by molar-refractivity contribution is -0.158. The van der Waals surface area contributed by atoms with E-state index in [1.165, 1.54) is 19.3 Å². The van der Waals surface area contributed by atoms with Crippen LogP contribution in [0.25, 0.3) is 0 Å². The molecule has 0 amide bonds. The predicted octanol–water partition coefficient (Wildman–Crippen LogP) is 3.47. The number of aliphatic hydroxyl groups excluding tert-OH is 2. The topological polar surface area (TPSA) is 76.8 Å². The van der Waals surface area contributed by atoms with E-state index in [9.17, 15) is 15.5 Å². The Kier molecular flexibility index (Phi) is 2.77. The molecule has 1 aliphatic heterocycles. The SMILES string of the molecule is C[C@@]12CCC[C@H]1[C@@H]1CC[C@@]34O[C@@H]3C(O)=C(C#N)C[C@]4(C)[C@H]1[C@@H](O)C2. The third kappa shape index (κ3) is 1.52. The first-order valence-electron chi connectivity index (χ1n) is 9.54. The summed E-state index contributed by atoms with van der Waals surface area (Å²) in [7, 11) is 0. The number of hydrogen-bond donors (Lipinski definition) is 2. The highest BCUT2D eigenvalue weighted by atomic mass is 16.6. The van der Waals surface area contributed by atoms with Crippen molar-refractivity contribution in [2.45, 2.75) is 76.6 Å². The van der Waals surface area contributed by atoms with E-state index in [1.54, 1.807) is 0 Å². The molecule has 8 atom stereocenters. The molecule has 130 valence electrons. The zero-order chi connectivity index (χ0) is 16.9. The van der Waals surface area contributed by atoms with E-state index in [0.29, 0.717) is 23.8 Å². The molecule has 1 saturated heterocycles. The number of aliphatic hydroxyl groups is 2. The highest BCUT2D eigenvalue weighted by Gasteiger charge is 2.77. The minimum Gasteiger partial charge on any atom is -0.508 e. The Morgan fingerprint density at radius 1 is 1.25 bits per heavy atom. The Labute approximate surface area is 143 Å². The van der Waals surface area contributed by atoms with Crippen LogP contribution in [0, 0.1) is 39.9 Å². The zero-order valence-electron chi connectivity index (χ0n) is 14.6. The first kappa shape index (κ1) is 15.2. The average Bonchev–Trinajstić information content (AvgIpc) is 3.16.